The average molecular weight is 376 g/mol. The molecule has 1 aromatic rings. The molecule has 0 unspecified atom stereocenters. The van der Waals surface area contributed by atoms with Crippen molar-refractivity contribution < 1.29 is 9.53 Å². The Hall–Kier alpha value is -0.780. The van der Waals surface area contributed by atoms with Crippen LogP contribution in [0.15, 0.2) is 16.6 Å². The minimum absolute atomic E-state index is 0.0131. The van der Waals surface area contributed by atoms with E-state index in [2.05, 4.69) is 26.6 Å². The van der Waals surface area contributed by atoms with Gasteiger partial charge < -0.3 is 15.4 Å². The van der Waals surface area contributed by atoms with Crippen molar-refractivity contribution in [2.75, 3.05) is 25.0 Å². The smallest absolute Gasteiger partial charge is 0.230 e. The van der Waals surface area contributed by atoms with Gasteiger partial charge in [-0.1, -0.05) is 18.5 Å². The first-order chi connectivity index (χ1) is 9.96. The topological polar surface area (TPSA) is 50.4 Å². The summed E-state index contributed by atoms with van der Waals surface area (Å²) in [6, 6.07) is 3.48. The number of carbonyl (C=O) groups excluding carboxylic acids is 1. The molecular formula is C15H20BrClN2O2. The van der Waals surface area contributed by atoms with E-state index >= 15 is 0 Å². The van der Waals surface area contributed by atoms with Gasteiger partial charge >= 0.3 is 0 Å². The standard InChI is InChI=1S/C15H20BrClN2O2/c1-3-21-13-11(16)8-10(17)9-12(13)19-14(20)15(2)4-6-18-7-5-15/h8-9,18H,3-7H2,1-2H3,(H,19,20). The predicted octanol–water partition coefficient (Wildman–Crippen LogP) is 3.83. The Morgan fingerprint density at radius 2 is 2.14 bits per heavy atom. The monoisotopic (exact) mass is 374 g/mol. The van der Waals surface area contributed by atoms with Crippen molar-refractivity contribution in [1.29, 1.82) is 0 Å². The maximum atomic E-state index is 12.6. The molecule has 1 saturated heterocycles. The summed E-state index contributed by atoms with van der Waals surface area (Å²) < 4.78 is 6.35. The molecule has 0 aliphatic carbocycles. The molecule has 0 spiro atoms. The zero-order valence-electron chi connectivity index (χ0n) is 12.3. The average Bonchev–Trinajstić information content (AvgIpc) is 2.43. The summed E-state index contributed by atoms with van der Waals surface area (Å²) >= 11 is 9.51. The van der Waals surface area contributed by atoms with Gasteiger partial charge in [0.1, 0.15) is 0 Å². The molecule has 0 aromatic heterocycles. The number of amides is 1. The number of halogens is 2. The van der Waals surface area contributed by atoms with Crippen LogP contribution in [-0.4, -0.2) is 25.6 Å². The summed E-state index contributed by atoms with van der Waals surface area (Å²) in [5, 5.41) is 6.81. The number of hydrogen-bond acceptors (Lipinski definition) is 3. The molecule has 1 amide bonds. The highest BCUT2D eigenvalue weighted by atomic mass is 79.9. The van der Waals surface area contributed by atoms with Crippen molar-refractivity contribution in [3.05, 3.63) is 21.6 Å². The fraction of sp³-hybridized carbons (Fsp3) is 0.533. The molecule has 2 rings (SSSR count). The molecule has 2 N–H and O–H groups in total. The van der Waals surface area contributed by atoms with E-state index in [-0.39, 0.29) is 11.3 Å². The van der Waals surface area contributed by atoms with Gasteiger partial charge in [0.05, 0.1) is 16.8 Å². The molecule has 0 bridgehead atoms. The zero-order valence-corrected chi connectivity index (χ0v) is 14.6. The third-order valence-electron chi connectivity index (χ3n) is 3.80. The lowest BCUT2D eigenvalue weighted by atomic mass is 9.80. The number of anilines is 1. The zero-order chi connectivity index (χ0) is 15.5. The lowest BCUT2D eigenvalue weighted by Gasteiger charge is -2.32. The Labute approximate surface area is 138 Å². The molecule has 1 heterocycles. The van der Waals surface area contributed by atoms with Crippen LogP contribution in [0.5, 0.6) is 5.75 Å². The first-order valence-corrected chi connectivity index (χ1v) is 8.27. The number of nitrogens with one attached hydrogen (secondary N) is 2. The van der Waals surface area contributed by atoms with Crippen LogP contribution in [-0.2, 0) is 4.79 Å². The Bertz CT molecular complexity index is 531. The second-order valence-corrected chi connectivity index (χ2v) is 6.75. The highest BCUT2D eigenvalue weighted by Gasteiger charge is 2.35. The van der Waals surface area contributed by atoms with Crippen molar-refractivity contribution in [3.8, 4) is 5.75 Å². The first kappa shape index (κ1) is 16.6. The molecule has 0 atom stereocenters. The van der Waals surface area contributed by atoms with E-state index in [0.29, 0.717) is 23.1 Å². The van der Waals surface area contributed by atoms with Crippen LogP contribution in [0, 0.1) is 5.41 Å². The molecule has 1 aromatic carbocycles. The number of carbonyl (C=O) groups is 1. The quantitative estimate of drug-likeness (QED) is 0.841. The molecule has 4 nitrogen and oxygen atoms in total. The van der Waals surface area contributed by atoms with Gasteiger partial charge in [0.2, 0.25) is 5.91 Å². The van der Waals surface area contributed by atoms with Gasteiger partial charge in [-0.3, -0.25) is 4.79 Å². The van der Waals surface area contributed by atoms with E-state index in [1.54, 1.807) is 12.1 Å². The fourth-order valence-electron chi connectivity index (χ4n) is 2.42. The molecule has 1 aliphatic heterocycles. The Morgan fingerprint density at radius 1 is 1.48 bits per heavy atom. The SMILES string of the molecule is CCOc1c(Br)cc(Cl)cc1NC(=O)C1(C)CCNCC1. The fourth-order valence-corrected chi connectivity index (χ4v) is 3.35. The van der Waals surface area contributed by atoms with Crippen LogP contribution in [0.25, 0.3) is 0 Å². The van der Waals surface area contributed by atoms with E-state index in [9.17, 15) is 4.79 Å². The number of rotatable bonds is 4. The summed E-state index contributed by atoms with van der Waals surface area (Å²) in [5.74, 6) is 0.631. The maximum Gasteiger partial charge on any atom is 0.230 e. The number of hydrogen-bond donors (Lipinski definition) is 2. The van der Waals surface area contributed by atoms with Gasteiger partial charge in [-0.05, 0) is 60.9 Å². The van der Waals surface area contributed by atoms with Crippen LogP contribution >= 0.6 is 27.5 Å². The summed E-state index contributed by atoms with van der Waals surface area (Å²) in [6.45, 7) is 6.15. The second-order valence-electron chi connectivity index (χ2n) is 5.46. The second kappa shape index (κ2) is 6.99. The highest BCUT2D eigenvalue weighted by molar-refractivity contribution is 9.10. The van der Waals surface area contributed by atoms with Crippen LogP contribution < -0.4 is 15.4 Å². The van der Waals surface area contributed by atoms with Crippen molar-refractivity contribution in [3.63, 3.8) is 0 Å². The molecule has 0 saturated carbocycles. The largest absolute Gasteiger partial charge is 0.491 e. The molecule has 116 valence electrons. The maximum absolute atomic E-state index is 12.6. The van der Waals surface area contributed by atoms with E-state index in [0.717, 1.165) is 30.4 Å². The summed E-state index contributed by atoms with van der Waals surface area (Å²) in [4.78, 5) is 12.6. The summed E-state index contributed by atoms with van der Waals surface area (Å²) in [7, 11) is 0. The Morgan fingerprint density at radius 3 is 2.76 bits per heavy atom. The summed E-state index contributed by atoms with van der Waals surface area (Å²) in [6.07, 6.45) is 1.65. The van der Waals surface area contributed by atoms with Crippen LogP contribution in [0.1, 0.15) is 26.7 Å². The normalized spacial score (nSPS) is 17.3. The van der Waals surface area contributed by atoms with Crippen molar-refractivity contribution in [1.82, 2.24) is 5.32 Å². The van der Waals surface area contributed by atoms with Gasteiger partial charge in [-0.25, -0.2) is 0 Å². The first-order valence-electron chi connectivity index (χ1n) is 7.10. The highest BCUT2D eigenvalue weighted by Crippen LogP contribution is 2.38. The number of ether oxygens (including phenoxy) is 1. The Kier molecular flexibility index (Phi) is 5.52. The van der Waals surface area contributed by atoms with Crippen molar-refractivity contribution >= 4 is 39.1 Å². The minimum Gasteiger partial charge on any atom is -0.491 e. The van der Waals surface area contributed by atoms with Crippen LogP contribution in [0.2, 0.25) is 5.02 Å². The summed E-state index contributed by atoms with van der Waals surface area (Å²) in [5.41, 5.74) is 0.254. The predicted molar refractivity (Wildman–Crippen MR) is 89.2 cm³/mol. The van der Waals surface area contributed by atoms with Gasteiger partial charge in [0.15, 0.2) is 5.75 Å². The molecular weight excluding hydrogens is 356 g/mol. The molecule has 1 aliphatic rings. The lowest BCUT2D eigenvalue weighted by Crippen LogP contribution is -2.42. The lowest BCUT2D eigenvalue weighted by molar-refractivity contribution is -0.126. The van der Waals surface area contributed by atoms with Crippen molar-refractivity contribution in [2.45, 2.75) is 26.7 Å². The van der Waals surface area contributed by atoms with Crippen LogP contribution in [0.3, 0.4) is 0 Å². The van der Waals surface area contributed by atoms with Gasteiger partial charge in [0.25, 0.3) is 0 Å². The van der Waals surface area contributed by atoms with Gasteiger partial charge in [-0.2, -0.15) is 0 Å². The Balaban J connectivity index is 2.23. The molecule has 0 radical (unpaired) electrons. The van der Waals surface area contributed by atoms with Crippen molar-refractivity contribution in [2.24, 2.45) is 5.41 Å². The minimum atomic E-state index is -0.358. The third-order valence-corrected chi connectivity index (χ3v) is 4.61. The van der Waals surface area contributed by atoms with Crippen LogP contribution in [0.4, 0.5) is 5.69 Å². The number of benzene rings is 1. The molecule has 6 heteroatoms. The van der Waals surface area contributed by atoms with Gasteiger partial charge in [0, 0.05) is 10.4 Å². The third kappa shape index (κ3) is 3.90. The molecule has 21 heavy (non-hydrogen) atoms. The van der Waals surface area contributed by atoms with E-state index in [1.807, 2.05) is 13.8 Å². The van der Waals surface area contributed by atoms with E-state index in [4.69, 9.17) is 16.3 Å². The molecule has 1 fully saturated rings. The van der Waals surface area contributed by atoms with E-state index < -0.39 is 0 Å². The van der Waals surface area contributed by atoms with E-state index in [1.165, 1.54) is 0 Å². The number of piperidine rings is 1. The van der Waals surface area contributed by atoms with Gasteiger partial charge in [-0.15, -0.1) is 0 Å².